The van der Waals surface area contributed by atoms with E-state index in [0.29, 0.717) is 75.4 Å². The average Bonchev–Trinajstić information content (AvgIpc) is 3.08. The number of hydrogen-bond donors (Lipinski definition) is 1. The number of nitrogens with zero attached hydrogens (tertiary/aromatic N) is 1. The summed E-state index contributed by atoms with van der Waals surface area (Å²) >= 11 is 0. The summed E-state index contributed by atoms with van der Waals surface area (Å²) < 4.78 is 42.2. The van der Waals surface area contributed by atoms with E-state index in [1.807, 2.05) is 50.2 Å². The van der Waals surface area contributed by atoms with Crippen LogP contribution in [0, 0.1) is 12.7 Å². The third-order valence-corrected chi connectivity index (χ3v) is 8.01. The smallest absolute Gasteiger partial charge is 0.307 e. The van der Waals surface area contributed by atoms with Crippen LogP contribution in [0.15, 0.2) is 66.7 Å². The van der Waals surface area contributed by atoms with Crippen molar-refractivity contribution in [3.05, 3.63) is 101 Å². The summed E-state index contributed by atoms with van der Waals surface area (Å²) in [4.78, 5) is 17.1. The van der Waals surface area contributed by atoms with E-state index in [4.69, 9.17) is 28.7 Å². The molecule has 0 amide bonds. The molecule has 0 spiro atoms. The molecule has 1 aliphatic rings. The lowest BCUT2D eigenvalue weighted by Crippen LogP contribution is -2.13. The van der Waals surface area contributed by atoms with E-state index in [1.54, 1.807) is 12.1 Å². The Morgan fingerprint density at radius 3 is 2.36 bits per heavy atom. The molecule has 1 N–H and O–H groups in total. The summed E-state index contributed by atoms with van der Waals surface area (Å²) in [6.45, 7) is 7.60. The Hall–Kier alpha value is -4.31. The van der Waals surface area contributed by atoms with Crippen LogP contribution in [-0.4, -0.2) is 62.3 Å². The number of rotatable bonds is 17. The van der Waals surface area contributed by atoms with Crippen LogP contribution in [0.1, 0.15) is 41.4 Å². The van der Waals surface area contributed by atoms with Gasteiger partial charge in [-0.05, 0) is 96.5 Å². The molecule has 9 heteroatoms. The number of hydrogen-bond acceptors (Lipinski definition) is 7. The quantitative estimate of drug-likeness (QED) is 0.123. The van der Waals surface area contributed by atoms with Gasteiger partial charge in [-0.25, -0.2) is 4.39 Å². The number of carbonyl (C=O) groups is 1. The number of fused-ring (bicyclic) bond motifs is 1. The van der Waals surface area contributed by atoms with Crippen molar-refractivity contribution in [1.82, 2.24) is 4.98 Å². The van der Waals surface area contributed by atoms with E-state index in [-0.39, 0.29) is 18.8 Å². The highest BCUT2D eigenvalue weighted by molar-refractivity contribution is 5.90. The summed E-state index contributed by atoms with van der Waals surface area (Å²) in [5.74, 6) is 0.362. The van der Waals surface area contributed by atoms with Crippen LogP contribution in [0.5, 0.6) is 11.5 Å². The molecular weight excluding hydrogens is 601 g/mol. The number of carboxylic acid groups (broad SMARTS) is 1. The number of ether oxygens (including phenoxy) is 5. The van der Waals surface area contributed by atoms with Crippen molar-refractivity contribution < 1.29 is 38.0 Å². The van der Waals surface area contributed by atoms with Gasteiger partial charge in [0.05, 0.1) is 58.4 Å². The molecule has 2 heterocycles. The van der Waals surface area contributed by atoms with E-state index in [0.717, 1.165) is 52.0 Å². The molecular formula is C38H42FNO7. The molecule has 3 aromatic carbocycles. The Morgan fingerprint density at radius 2 is 1.62 bits per heavy atom. The molecule has 0 radical (unpaired) electrons. The lowest BCUT2D eigenvalue weighted by Gasteiger charge is -2.23. The zero-order valence-electron chi connectivity index (χ0n) is 27.1. The highest BCUT2D eigenvalue weighted by atomic mass is 19.1. The minimum absolute atomic E-state index is 0.172. The molecule has 0 bridgehead atoms. The summed E-state index contributed by atoms with van der Waals surface area (Å²) in [6, 6.07) is 20.2. The molecule has 248 valence electrons. The summed E-state index contributed by atoms with van der Waals surface area (Å²) in [6.07, 6.45) is 2.29. The predicted octanol–water partition coefficient (Wildman–Crippen LogP) is 7.01. The van der Waals surface area contributed by atoms with Crippen LogP contribution in [0.4, 0.5) is 4.39 Å². The molecule has 0 atom stereocenters. The van der Waals surface area contributed by atoms with E-state index in [2.05, 4.69) is 6.07 Å². The Bertz CT molecular complexity index is 1620. The molecule has 5 rings (SSSR count). The van der Waals surface area contributed by atoms with Crippen molar-refractivity contribution in [3.63, 3.8) is 0 Å². The van der Waals surface area contributed by atoms with Gasteiger partial charge in [-0.3, -0.25) is 9.78 Å². The first kappa shape index (κ1) is 34.0. The third-order valence-electron chi connectivity index (χ3n) is 8.01. The minimum atomic E-state index is -0.929. The number of aromatic nitrogens is 1. The molecule has 8 nitrogen and oxygen atoms in total. The predicted molar refractivity (Wildman–Crippen MR) is 178 cm³/mol. The van der Waals surface area contributed by atoms with Crippen LogP contribution in [0.2, 0.25) is 0 Å². The average molecular weight is 644 g/mol. The van der Waals surface area contributed by atoms with E-state index < -0.39 is 5.97 Å². The highest BCUT2D eigenvalue weighted by Crippen LogP contribution is 2.41. The normalized spacial score (nSPS) is 12.4. The van der Waals surface area contributed by atoms with Crippen molar-refractivity contribution in [2.75, 3.05) is 46.2 Å². The number of aliphatic carboxylic acids is 1. The summed E-state index contributed by atoms with van der Waals surface area (Å²) in [5, 5.41) is 9.95. The summed E-state index contributed by atoms with van der Waals surface area (Å²) in [5.41, 5.74) is 7.52. The van der Waals surface area contributed by atoms with E-state index >= 15 is 0 Å². The van der Waals surface area contributed by atoms with Gasteiger partial charge in [0.15, 0.2) is 0 Å². The first-order valence-corrected chi connectivity index (χ1v) is 16.1. The Labute approximate surface area is 275 Å². The van der Waals surface area contributed by atoms with Crippen molar-refractivity contribution in [2.24, 2.45) is 0 Å². The van der Waals surface area contributed by atoms with Gasteiger partial charge in [-0.2, -0.15) is 0 Å². The molecule has 0 unspecified atom stereocenters. The van der Waals surface area contributed by atoms with Crippen LogP contribution < -0.4 is 9.47 Å². The number of pyridine rings is 1. The molecule has 0 aliphatic carbocycles. The van der Waals surface area contributed by atoms with Crippen LogP contribution in [0.25, 0.3) is 22.3 Å². The lowest BCUT2D eigenvalue weighted by atomic mass is 9.86. The number of carboxylic acids is 1. The molecule has 4 aromatic rings. The minimum Gasteiger partial charge on any atom is -0.493 e. The Morgan fingerprint density at radius 1 is 0.894 bits per heavy atom. The van der Waals surface area contributed by atoms with Gasteiger partial charge >= 0.3 is 5.97 Å². The van der Waals surface area contributed by atoms with Gasteiger partial charge in [-0.1, -0.05) is 30.3 Å². The molecule has 1 aliphatic heterocycles. The first-order chi connectivity index (χ1) is 22.9. The number of aryl methyl sites for hydroxylation is 2. The Balaban J connectivity index is 1.46. The standard InChI is InChI=1S/C38H42FNO7/c1-3-43-19-20-44-21-22-45-25-34-38(28-8-13-32(14-9-28)46-18-16-27-6-11-31(39)12-7-27)37(33(24-36(41)42)26(2)40-34)30-10-15-35-29(23-30)5-4-17-47-35/h6-15,23H,3-5,16-22,24-25H2,1-2H3,(H,41,42). The van der Waals surface area contributed by atoms with E-state index in [9.17, 15) is 14.3 Å². The highest BCUT2D eigenvalue weighted by Gasteiger charge is 2.24. The SMILES string of the molecule is CCOCCOCCOCc1nc(C)c(CC(=O)O)c(-c2ccc3c(c2)CCCO3)c1-c1ccc(OCCc2ccc(F)cc2)cc1. The third kappa shape index (κ3) is 9.38. The maximum Gasteiger partial charge on any atom is 0.307 e. The van der Waals surface area contributed by atoms with Gasteiger partial charge in [0.2, 0.25) is 0 Å². The van der Waals surface area contributed by atoms with Gasteiger partial charge in [-0.15, -0.1) is 0 Å². The monoisotopic (exact) mass is 643 g/mol. The van der Waals surface area contributed by atoms with Crippen LogP contribution in [-0.2, 0) is 44.9 Å². The zero-order chi connectivity index (χ0) is 33.0. The fourth-order valence-electron chi connectivity index (χ4n) is 5.73. The fraction of sp³-hybridized carbons (Fsp3) is 0.368. The largest absolute Gasteiger partial charge is 0.493 e. The molecule has 0 fully saturated rings. The fourth-order valence-corrected chi connectivity index (χ4v) is 5.73. The second kappa shape index (κ2) is 17.0. The maximum atomic E-state index is 13.3. The van der Waals surface area contributed by atoms with Crippen LogP contribution >= 0.6 is 0 Å². The summed E-state index contributed by atoms with van der Waals surface area (Å²) in [7, 11) is 0. The van der Waals surface area contributed by atoms with Crippen molar-refractivity contribution >= 4 is 5.97 Å². The molecule has 47 heavy (non-hydrogen) atoms. The topological polar surface area (TPSA) is 96.3 Å². The molecule has 0 saturated carbocycles. The second-order valence-corrected chi connectivity index (χ2v) is 11.3. The van der Waals surface area contributed by atoms with Gasteiger partial charge in [0.1, 0.15) is 17.3 Å². The van der Waals surface area contributed by atoms with Gasteiger partial charge in [0, 0.05) is 24.3 Å². The van der Waals surface area contributed by atoms with Crippen molar-refractivity contribution in [3.8, 4) is 33.8 Å². The second-order valence-electron chi connectivity index (χ2n) is 11.3. The maximum absolute atomic E-state index is 13.3. The molecule has 1 aromatic heterocycles. The van der Waals surface area contributed by atoms with E-state index in [1.165, 1.54) is 12.1 Å². The van der Waals surface area contributed by atoms with Gasteiger partial charge in [0.25, 0.3) is 0 Å². The zero-order valence-corrected chi connectivity index (χ0v) is 27.1. The number of benzene rings is 3. The van der Waals surface area contributed by atoms with Gasteiger partial charge < -0.3 is 28.8 Å². The van der Waals surface area contributed by atoms with Crippen LogP contribution in [0.3, 0.4) is 0 Å². The Kier molecular flexibility index (Phi) is 12.3. The lowest BCUT2D eigenvalue weighted by molar-refractivity contribution is -0.136. The molecule has 0 saturated heterocycles. The number of halogens is 1. The first-order valence-electron chi connectivity index (χ1n) is 16.1. The van der Waals surface area contributed by atoms with Crippen molar-refractivity contribution in [2.45, 2.75) is 46.1 Å². The van der Waals surface area contributed by atoms with Crippen molar-refractivity contribution in [1.29, 1.82) is 0 Å².